The molecule has 2 aromatic rings. The quantitative estimate of drug-likeness (QED) is 0.833. The zero-order valence-electron chi connectivity index (χ0n) is 11.9. The summed E-state index contributed by atoms with van der Waals surface area (Å²) in [5.41, 5.74) is 0.732. The number of carbonyl (C=O) groups excluding carboxylic acids is 1. The molecule has 0 atom stereocenters. The number of hydrogen-bond donors (Lipinski definition) is 2. The lowest BCUT2D eigenvalue weighted by Gasteiger charge is -2.18. The van der Waals surface area contributed by atoms with Crippen LogP contribution in [0.25, 0.3) is 0 Å². The van der Waals surface area contributed by atoms with Crippen LogP contribution in [-0.4, -0.2) is 17.7 Å². The fourth-order valence-corrected chi connectivity index (χ4v) is 2.56. The summed E-state index contributed by atoms with van der Waals surface area (Å²) in [5.74, 6) is 0.115. The number of fused-ring (bicyclic) bond motifs is 1. The number of halogens is 3. The maximum atomic E-state index is 12.7. The summed E-state index contributed by atoms with van der Waals surface area (Å²) in [6, 6.07) is 8.64. The molecule has 120 valence electrons. The van der Waals surface area contributed by atoms with Gasteiger partial charge in [-0.2, -0.15) is 13.2 Å². The van der Waals surface area contributed by atoms with E-state index in [-0.39, 0.29) is 11.4 Å². The van der Waals surface area contributed by atoms with Crippen LogP contribution in [-0.2, 0) is 12.6 Å². The Morgan fingerprint density at radius 1 is 1.17 bits per heavy atom. The highest BCUT2D eigenvalue weighted by atomic mass is 19.4. The highest BCUT2D eigenvalue weighted by molar-refractivity contribution is 6.03. The molecule has 3 rings (SSSR count). The molecule has 0 spiro atoms. The lowest BCUT2D eigenvalue weighted by Crippen LogP contribution is -2.33. The average Bonchev–Trinajstić information content (AvgIpc) is 2.89. The van der Waals surface area contributed by atoms with Crippen molar-refractivity contribution in [2.24, 2.45) is 0 Å². The van der Waals surface area contributed by atoms with E-state index < -0.39 is 17.8 Å². The Hall–Kier alpha value is -2.70. The molecule has 7 heteroatoms. The van der Waals surface area contributed by atoms with Crippen LogP contribution in [0.4, 0.5) is 29.3 Å². The van der Waals surface area contributed by atoms with Gasteiger partial charge in [-0.1, -0.05) is 6.07 Å². The van der Waals surface area contributed by atoms with Gasteiger partial charge in [0.25, 0.3) is 0 Å². The van der Waals surface area contributed by atoms with Crippen LogP contribution in [0.3, 0.4) is 0 Å². The summed E-state index contributed by atoms with van der Waals surface area (Å²) >= 11 is 0. The summed E-state index contributed by atoms with van der Waals surface area (Å²) in [6.45, 7) is 0.406. The Labute approximate surface area is 130 Å². The lowest BCUT2D eigenvalue weighted by atomic mass is 10.1. The number of phenolic OH excluding ortho intramolecular Hbond substituents is 1. The zero-order valence-corrected chi connectivity index (χ0v) is 11.9. The third-order valence-corrected chi connectivity index (χ3v) is 3.64. The predicted molar refractivity (Wildman–Crippen MR) is 79.6 cm³/mol. The van der Waals surface area contributed by atoms with E-state index in [2.05, 4.69) is 5.32 Å². The standard InChI is InChI=1S/C16H13F3N2O2/c17-16(18,19)11-2-1-3-12(9-11)20-15(23)21-7-6-10-8-13(22)4-5-14(10)21/h1-5,8-9,22H,6-7H2,(H,20,23). The second-order valence-corrected chi connectivity index (χ2v) is 5.22. The Balaban J connectivity index is 1.79. The molecule has 2 aromatic carbocycles. The Morgan fingerprint density at radius 3 is 2.70 bits per heavy atom. The molecule has 0 aromatic heterocycles. The summed E-state index contributed by atoms with van der Waals surface area (Å²) in [6.07, 6.45) is -3.88. The highest BCUT2D eigenvalue weighted by Crippen LogP contribution is 2.33. The number of hydrogen-bond acceptors (Lipinski definition) is 2. The minimum Gasteiger partial charge on any atom is -0.508 e. The Kier molecular flexibility index (Phi) is 3.63. The Bertz CT molecular complexity index is 759. The van der Waals surface area contributed by atoms with Crippen molar-refractivity contribution < 1.29 is 23.1 Å². The van der Waals surface area contributed by atoms with Crippen molar-refractivity contribution in [3.05, 3.63) is 53.6 Å². The summed E-state index contributed by atoms with van der Waals surface area (Å²) < 4.78 is 38.1. The number of alkyl halides is 3. The van der Waals surface area contributed by atoms with E-state index in [9.17, 15) is 23.1 Å². The zero-order chi connectivity index (χ0) is 16.6. The molecule has 0 saturated carbocycles. The van der Waals surface area contributed by atoms with Gasteiger partial charge < -0.3 is 10.4 Å². The van der Waals surface area contributed by atoms with Crippen molar-refractivity contribution in [2.45, 2.75) is 12.6 Å². The minimum atomic E-state index is -4.46. The molecule has 4 nitrogen and oxygen atoms in total. The van der Waals surface area contributed by atoms with E-state index in [0.29, 0.717) is 18.7 Å². The summed E-state index contributed by atoms with van der Waals surface area (Å²) in [7, 11) is 0. The molecule has 0 saturated heterocycles. The van der Waals surface area contributed by atoms with Crippen molar-refractivity contribution >= 4 is 17.4 Å². The third kappa shape index (κ3) is 3.08. The molecular formula is C16H13F3N2O2. The first-order valence-corrected chi connectivity index (χ1v) is 6.92. The smallest absolute Gasteiger partial charge is 0.416 e. The summed E-state index contributed by atoms with van der Waals surface area (Å²) in [4.78, 5) is 13.7. The maximum absolute atomic E-state index is 12.7. The molecule has 1 aliphatic heterocycles. The summed E-state index contributed by atoms with van der Waals surface area (Å²) in [5, 5.41) is 11.9. The Morgan fingerprint density at radius 2 is 1.96 bits per heavy atom. The van der Waals surface area contributed by atoms with Gasteiger partial charge in [0.15, 0.2) is 0 Å². The largest absolute Gasteiger partial charge is 0.508 e. The van der Waals surface area contributed by atoms with Gasteiger partial charge in [-0.05, 0) is 48.4 Å². The van der Waals surface area contributed by atoms with Gasteiger partial charge in [0, 0.05) is 17.9 Å². The second kappa shape index (κ2) is 5.49. The number of aromatic hydroxyl groups is 1. The number of benzene rings is 2. The van der Waals surface area contributed by atoms with Crippen LogP contribution in [0.1, 0.15) is 11.1 Å². The van der Waals surface area contributed by atoms with Crippen molar-refractivity contribution in [1.29, 1.82) is 0 Å². The van der Waals surface area contributed by atoms with E-state index in [1.165, 1.54) is 23.1 Å². The number of nitrogens with zero attached hydrogens (tertiary/aromatic N) is 1. The maximum Gasteiger partial charge on any atom is 0.416 e. The lowest BCUT2D eigenvalue weighted by molar-refractivity contribution is -0.137. The van der Waals surface area contributed by atoms with Crippen LogP contribution in [0.15, 0.2) is 42.5 Å². The molecule has 0 radical (unpaired) electrons. The van der Waals surface area contributed by atoms with Gasteiger partial charge in [-0.25, -0.2) is 4.79 Å². The minimum absolute atomic E-state index is 0.0806. The molecule has 2 N–H and O–H groups in total. The molecule has 1 aliphatic rings. The van der Waals surface area contributed by atoms with E-state index in [1.807, 2.05) is 0 Å². The second-order valence-electron chi connectivity index (χ2n) is 5.22. The van der Waals surface area contributed by atoms with Gasteiger partial charge >= 0.3 is 12.2 Å². The van der Waals surface area contributed by atoms with Crippen molar-refractivity contribution in [3.8, 4) is 5.75 Å². The molecule has 0 bridgehead atoms. The molecule has 0 unspecified atom stereocenters. The SMILES string of the molecule is O=C(Nc1cccc(C(F)(F)F)c1)N1CCc2cc(O)ccc21. The number of amides is 2. The van der Waals surface area contributed by atoms with Crippen LogP contribution < -0.4 is 10.2 Å². The van der Waals surface area contributed by atoms with E-state index in [4.69, 9.17) is 0 Å². The first-order valence-electron chi connectivity index (χ1n) is 6.92. The topological polar surface area (TPSA) is 52.6 Å². The van der Waals surface area contributed by atoms with E-state index in [1.54, 1.807) is 12.1 Å². The first-order chi connectivity index (χ1) is 10.8. The third-order valence-electron chi connectivity index (χ3n) is 3.64. The van der Waals surface area contributed by atoms with Crippen LogP contribution in [0.5, 0.6) is 5.75 Å². The molecular weight excluding hydrogens is 309 g/mol. The van der Waals surface area contributed by atoms with Gasteiger partial charge in [-0.15, -0.1) is 0 Å². The van der Waals surface area contributed by atoms with Gasteiger partial charge in [0.05, 0.1) is 5.56 Å². The molecule has 0 fully saturated rings. The fraction of sp³-hybridized carbons (Fsp3) is 0.188. The van der Waals surface area contributed by atoms with Crippen molar-refractivity contribution in [2.75, 3.05) is 16.8 Å². The van der Waals surface area contributed by atoms with Crippen LogP contribution in [0, 0.1) is 0 Å². The van der Waals surface area contributed by atoms with Gasteiger partial charge in [0.1, 0.15) is 5.75 Å². The van der Waals surface area contributed by atoms with E-state index >= 15 is 0 Å². The van der Waals surface area contributed by atoms with Crippen LogP contribution in [0.2, 0.25) is 0 Å². The molecule has 2 amide bonds. The van der Waals surface area contributed by atoms with E-state index in [0.717, 1.165) is 17.7 Å². The number of phenols is 1. The van der Waals surface area contributed by atoms with Gasteiger partial charge in [-0.3, -0.25) is 4.90 Å². The first kappa shape index (κ1) is 15.2. The van der Waals surface area contributed by atoms with Gasteiger partial charge in [0.2, 0.25) is 0 Å². The molecule has 23 heavy (non-hydrogen) atoms. The van der Waals surface area contributed by atoms with Crippen molar-refractivity contribution in [1.82, 2.24) is 0 Å². The number of nitrogens with one attached hydrogen (secondary N) is 1. The molecule has 1 heterocycles. The fourth-order valence-electron chi connectivity index (χ4n) is 2.56. The predicted octanol–water partition coefficient (Wildman–Crippen LogP) is 4.01. The average molecular weight is 322 g/mol. The number of anilines is 2. The molecule has 0 aliphatic carbocycles. The highest BCUT2D eigenvalue weighted by Gasteiger charge is 2.31. The van der Waals surface area contributed by atoms with Crippen LogP contribution >= 0.6 is 0 Å². The normalized spacial score (nSPS) is 13.8. The number of urea groups is 1. The van der Waals surface area contributed by atoms with Crippen molar-refractivity contribution in [3.63, 3.8) is 0 Å². The number of rotatable bonds is 1. The monoisotopic (exact) mass is 322 g/mol. The number of carbonyl (C=O) groups is 1.